The first-order valence-corrected chi connectivity index (χ1v) is 4.69. The largest absolute Gasteiger partial charge is 0.386 e. The van der Waals surface area contributed by atoms with E-state index in [-0.39, 0.29) is 0 Å². The van der Waals surface area contributed by atoms with E-state index in [1.54, 1.807) is 39.1 Å². The third-order valence-electron chi connectivity index (χ3n) is 2.26. The lowest BCUT2D eigenvalue weighted by molar-refractivity contribution is 0.0791. The van der Waals surface area contributed by atoms with Gasteiger partial charge in [0.05, 0.1) is 11.3 Å². The number of benzene rings is 1. The fourth-order valence-corrected chi connectivity index (χ4v) is 1.40. The van der Waals surface area contributed by atoms with Crippen LogP contribution in [0.4, 0.5) is 10.5 Å². The summed E-state index contributed by atoms with van der Waals surface area (Å²) < 4.78 is 0. The standard InChI is InChI=1S/C11H16N2O2/c1-11(2,15)8-6-4-5-7-9(8)13(3)10(12)14/h4-7,15H,1-3H3,(H2,12,14). The van der Waals surface area contributed by atoms with Gasteiger partial charge in [0, 0.05) is 12.6 Å². The molecule has 3 N–H and O–H groups in total. The molecule has 0 saturated heterocycles. The summed E-state index contributed by atoms with van der Waals surface area (Å²) in [5.74, 6) is 0. The predicted octanol–water partition coefficient (Wildman–Crippen LogP) is 1.43. The minimum atomic E-state index is -1.000. The zero-order chi connectivity index (χ0) is 11.6. The normalized spacial score (nSPS) is 11.2. The van der Waals surface area contributed by atoms with Gasteiger partial charge in [0.25, 0.3) is 0 Å². The molecule has 82 valence electrons. The number of carbonyl (C=O) groups is 1. The summed E-state index contributed by atoms with van der Waals surface area (Å²) in [5, 5.41) is 9.92. The minimum Gasteiger partial charge on any atom is -0.386 e. The average Bonchev–Trinajstić information content (AvgIpc) is 2.15. The maximum absolute atomic E-state index is 11.0. The molecule has 0 aliphatic carbocycles. The highest BCUT2D eigenvalue weighted by Crippen LogP contribution is 2.29. The van der Waals surface area contributed by atoms with Crippen molar-refractivity contribution in [1.29, 1.82) is 0 Å². The molecule has 4 heteroatoms. The molecule has 0 saturated carbocycles. The SMILES string of the molecule is CN(C(N)=O)c1ccccc1C(C)(C)O. The van der Waals surface area contributed by atoms with Gasteiger partial charge in [-0.1, -0.05) is 18.2 Å². The summed E-state index contributed by atoms with van der Waals surface area (Å²) in [4.78, 5) is 12.4. The number of rotatable bonds is 2. The van der Waals surface area contributed by atoms with Gasteiger partial charge in [-0.25, -0.2) is 4.79 Å². The van der Waals surface area contributed by atoms with Crippen LogP contribution in [0.5, 0.6) is 0 Å². The number of carbonyl (C=O) groups excluding carboxylic acids is 1. The van der Waals surface area contributed by atoms with Gasteiger partial charge < -0.3 is 10.8 Å². The Morgan fingerprint density at radius 2 is 1.93 bits per heavy atom. The van der Waals surface area contributed by atoms with Crippen LogP contribution in [0.3, 0.4) is 0 Å². The van der Waals surface area contributed by atoms with Crippen LogP contribution in [-0.2, 0) is 5.60 Å². The van der Waals surface area contributed by atoms with Gasteiger partial charge in [-0.15, -0.1) is 0 Å². The summed E-state index contributed by atoms with van der Waals surface area (Å²) >= 11 is 0. The van der Waals surface area contributed by atoms with E-state index in [9.17, 15) is 9.90 Å². The number of aliphatic hydroxyl groups is 1. The molecule has 0 spiro atoms. The van der Waals surface area contributed by atoms with Crippen molar-refractivity contribution >= 4 is 11.7 Å². The number of amides is 2. The van der Waals surface area contributed by atoms with Crippen LogP contribution in [0.25, 0.3) is 0 Å². The summed E-state index contributed by atoms with van der Waals surface area (Å²) in [6.45, 7) is 3.33. The molecule has 4 nitrogen and oxygen atoms in total. The highest BCUT2D eigenvalue weighted by Gasteiger charge is 2.22. The fourth-order valence-electron chi connectivity index (χ4n) is 1.40. The second kappa shape index (κ2) is 3.90. The zero-order valence-corrected chi connectivity index (χ0v) is 9.19. The van der Waals surface area contributed by atoms with Gasteiger partial charge in [0.15, 0.2) is 0 Å². The van der Waals surface area contributed by atoms with Gasteiger partial charge in [-0.05, 0) is 19.9 Å². The van der Waals surface area contributed by atoms with Gasteiger partial charge in [0.1, 0.15) is 0 Å². The van der Waals surface area contributed by atoms with Crippen LogP contribution < -0.4 is 10.6 Å². The Labute approximate surface area is 89.3 Å². The molecule has 2 amide bonds. The number of anilines is 1. The van der Waals surface area contributed by atoms with Crippen LogP contribution in [0, 0.1) is 0 Å². The van der Waals surface area contributed by atoms with Crippen molar-refractivity contribution in [3.63, 3.8) is 0 Å². The van der Waals surface area contributed by atoms with Crippen molar-refractivity contribution in [1.82, 2.24) is 0 Å². The Bertz CT molecular complexity index is 369. The smallest absolute Gasteiger partial charge is 0.319 e. The molecule has 0 heterocycles. The van der Waals surface area contributed by atoms with Gasteiger partial charge in [-0.3, -0.25) is 4.90 Å². The molecular formula is C11H16N2O2. The van der Waals surface area contributed by atoms with Crippen LogP contribution in [0.1, 0.15) is 19.4 Å². The number of primary amides is 1. The number of nitrogens with two attached hydrogens (primary N) is 1. The van der Waals surface area contributed by atoms with E-state index in [1.807, 2.05) is 6.07 Å². The lowest BCUT2D eigenvalue weighted by Crippen LogP contribution is -2.34. The number of hydrogen-bond acceptors (Lipinski definition) is 2. The van der Waals surface area contributed by atoms with E-state index in [0.29, 0.717) is 11.3 Å². The number of para-hydroxylation sites is 1. The number of hydrogen-bond donors (Lipinski definition) is 2. The van der Waals surface area contributed by atoms with E-state index in [2.05, 4.69) is 0 Å². The molecule has 0 aliphatic heterocycles. The Morgan fingerprint density at radius 3 is 2.40 bits per heavy atom. The van der Waals surface area contributed by atoms with Crippen molar-refractivity contribution in [3.05, 3.63) is 29.8 Å². The van der Waals surface area contributed by atoms with Gasteiger partial charge >= 0.3 is 6.03 Å². The molecule has 0 fully saturated rings. The van der Waals surface area contributed by atoms with E-state index < -0.39 is 11.6 Å². The Hall–Kier alpha value is -1.55. The highest BCUT2D eigenvalue weighted by molar-refractivity contribution is 5.91. The minimum absolute atomic E-state index is 0.549. The first-order chi connectivity index (χ1) is 6.84. The maximum atomic E-state index is 11.0. The molecule has 1 aromatic rings. The molecule has 0 bridgehead atoms. The van der Waals surface area contributed by atoms with E-state index in [4.69, 9.17) is 5.73 Å². The lowest BCUT2D eigenvalue weighted by atomic mass is 9.96. The van der Waals surface area contributed by atoms with Crippen LogP contribution in [-0.4, -0.2) is 18.2 Å². The molecule has 0 aromatic heterocycles. The Morgan fingerprint density at radius 1 is 1.40 bits per heavy atom. The molecule has 0 unspecified atom stereocenters. The van der Waals surface area contributed by atoms with Crippen molar-refractivity contribution in [3.8, 4) is 0 Å². The van der Waals surface area contributed by atoms with Crippen molar-refractivity contribution < 1.29 is 9.90 Å². The molecule has 0 atom stereocenters. The van der Waals surface area contributed by atoms with Crippen molar-refractivity contribution in [2.24, 2.45) is 5.73 Å². The summed E-state index contributed by atoms with van der Waals surface area (Å²) in [5.41, 5.74) is 5.48. The predicted molar refractivity (Wildman–Crippen MR) is 59.7 cm³/mol. The van der Waals surface area contributed by atoms with Gasteiger partial charge in [0.2, 0.25) is 0 Å². The first kappa shape index (κ1) is 11.5. The molecule has 0 radical (unpaired) electrons. The van der Waals surface area contributed by atoms with Crippen molar-refractivity contribution in [2.45, 2.75) is 19.4 Å². The van der Waals surface area contributed by atoms with E-state index in [0.717, 1.165) is 0 Å². The monoisotopic (exact) mass is 208 g/mol. The summed E-state index contributed by atoms with van der Waals surface area (Å²) in [6.07, 6.45) is 0. The zero-order valence-electron chi connectivity index (χ0n) is 9.19. The van der Waals surface area contributed by atoms with Gasteiger partial charge in [-0.2, -0.15) is 0 Å². The first-order valence-electron chi connectivity index (χ1n) is 4.69. The quantitative estimate of drug-likeness (QED) is 0.772. The third kappa shape index (κ3) is 2.47. The average molecular weight is 208 g/mol. The summed E-state index contributed by atoms with van der Waals surface area (Å²) in [6, 6.07) is 6.58. The Kier molecular flexibility index (Phi) is 3.00. The van der Waals surface area contributed by atoms with Crippen LogP contribution >= 0.6 is 0 Å². The summed E-state index contributed by atoms with van der Waals surface area (Å²) in [7, 11) is 1.58. The molecule has 1 aromatic carbocycles. The fraction of sp³-hybridized carbons (Fsp3) is 0.364. The number of urea groups is 1. The number of nitrogens with zero attached hydrogens (tertiary/aromatic N) is 1. The van der Waals surface area contributed by atoms with E-state index >= 15 is 0 Å². The van der Waals surface area contributed by atoms with Crippen LogP contribution in [0.15, 0.2) is 24.3 Å². The second-order valence-electron chi connectivity index (χ2n) is 3.97. The van der Waals surface area contributed by atoms with Crippen molar-refractivity contribution in [2.75, 3.05) is 11.9 Å². The van der Waals surface area contributed by atoms with E-state index in [1.165, 1.54) is 4.90 Å². The highest BCUT2D eigenvalue weighted by atomic mass is 16.3. The molecular weight excluding hydrogens is 192 g/mol. The maximum Gasteiger partial charge on any atom is 0.319 e. The Balaban J connectivity index is 3.24. The molecule has 15 heavy (non-hydrogen) atoms. The lowest BCUT2D eigenvalue weighted by Gasteiger charge is -2.25. The molecule has 0 aliphatic rings. The molecule has 1 rings (SSSR count). The topological polar surface area (TPSA) is 66.6 Å². The third-order valence-corrected chi connectivity index (χ3v) is 2.26. The van der Waals surface area contributed by atoms with Crippen LogP contribution in [0.2, 0.25) is 0 Å². The second-order valence-corrected chi connectivity index (χ2v) is 3.97.